The van der Waals surface area contributed by atoms with Crippen molar-refractivity contribution >= 4 is 32.9 Å². The molecule has 2 aromatic carbocycles. The molecule has 0 amide bonds. The normalized spacial score (nSPS) is 11.2. The van der Waals surface area contributed by atoms with E-state index in [1.54, 1.807) is 41.0 Å². The van der Waals surface area contributed by atoms with Crippen molar-refractivity contribution in [1.82, 2.24) is 19.5 Å². The van der Waals surface area contributed by atoms with Crippen LogP contribution in [-0.2, 0) is 19.8 Å². The second-order valence-corrected chi connectivity index (χ2v) is 7.25. The molecule has 0 fully saturated rings. The number of hydrogen-bond donors (Lipinski definition) is 2. The number of hydrogen-bond acceptors (Lipinski definition) is 6. The van der Waals surface area contributed by atoms with E-state index in [4.69, 9.17) is 10.5 Å². The van der Waals surface area contributed by atoms with Gasteiger partial charge >= 0.3 is 6.08 Å². The van der Waals surface area contributed by atoms with Crippen LogP contribution in [0.1, 0.15) is 16.7 Å². The monoisotopic (exact) mass is 475 g/mol. The lowest BCUT2D eigenvalue weighted by atomic mass is 10.1. The highest BCUT2D eigenvalue weighted by Gasteiger charge is 2.16. The van der Waals surface area contributed by atoms with Crippen LogP contribution in [0.3, 0.4) is 0 Å². The standard InChI is InChI=1S/C20H16BrF2N5O2/c21-19-25-16-17(24)26-20(23)27-18(16)28(19)8-11-4-5-15(22)13(6-11)10-30-14-3-1-2-12(7-14)9-29/h1-7,29H,8-10H2,(H2,24,26,27). The number of nitrogens with zero attached hydrogens (tertiary/aromatic N) is 4. The Morgan fingerprint density at radius 2 is 1.90 bits per heavy atom. The van der Waals surface area contributed by atoms with E-state index in [1.807, 2.05) is 0 Å². The molecule has 2 aromatic heterocycles. The Hall–Kier alpha value is -3.11. The van der Waals surface area contributed by atoms with Gasteiger partial charge in [0, 0.05) is 5.56 Å². The second kappa shape index (κ2) is 8.33. The van der Waals surface area contributed by atoms with Crippen LogP contribution < -0.4 is 10.5 Å². The largest absolute Gasteiger partial charge is 0.489 e. The third-order valence-electron chi connectivity index (χ3n) is 4.47. The fraction of sp³-hybridized carbons (Fsp3) is 0.150. The molecule has 0 saturated carbocycles. The number of aliphatic hydroxyl groups excluding tert-OH is 1. The van der Waals surface area contributed by atoms with Crippen LogP contribution in [0.25, 0.3) is 11.2 Å². The first-order valence-electron chi connectivity index (χ1n) is 8.89. The molecule has 4 aromatic rings. The van der Waals surface area contributed by atoms with Gasteiger partial charge in [-0.3, -0.25) is 4.57 Å². The van der Waals surface area contributed by atoms with E-state index >= 15 is 0 Å². The van der Waals surface area contributed by atoms with E-state index in [9.17, 15) is 13.9 Å². The summed E-state index contributed by atoms with van der Waals surface area (Å²) in [5.74, 6) is 0.0526. The number of anilines is 1. The summed E-state index contributed by atoms with van der Waals surface area (Å²) in [6, 6.07) is 11.6. The number of imidazole rings is 1. The molecule has 0 atom stereocenters. The van der Waals surface area contributed by atoms with Crippen LogP contribution in [-0.4, -0.2) is 24.6 Å². The summed E-state index contributed by atoms with van der Waals surface area (Å²) in [6.45, 7) is 0.147. The average Bonchev–Trinajstić information content (AvgIpc) is 3.04. The molecule has 7 nitrogen and oxygen atoms in total. The van der Waals surface area contributed by atoms with Gasteiger partial charge in [-0.2, -0.15) is 14.4 Å². The molecular formula is C20H16BrF2N5O2. The molecule has 0 radical (unpaired) electrons. The van der Waals surface area contributed by atoms with Gasteiger partial charge in [-0.15, -0.1) is 0 Å². The maximum absolute atomic E-state index is 14.3. The van der Waals surface area contributed by atoms with Crippen molar-refractivity contribution in [1.29, 1.82) is 0 Å². The van der Waals surface area contributed by atoms with E-state index in [1.165, 1.54) is 6.07 Å². The van der Waals surface area contributed by atoms with Crippen molar-refractivity contribution in [2.75, 3.05) is 5.73 Å². The zero-order chi connectivity index (χ0) is 21.3. The van der Waals surface area contributed by atoms with Crippen LogP contribution in [0.5, 0.6) is 5.75 Å². The lowest BCUT2D eigenvalue weighted by Crippen LogP contribution is -2.06. The smallest absolute Gasteiger partial charge is 0.312 e. The first kappa shape index (κ1) is 20.2. The van der Waals surface area contributed by atoms with Gasteiger partial charge in [-0.05, 0) is 51.3 Å². The van der Waals surface area contributed by atoms with Crippen LogP contribution in [0, 0.1) is 11.9 Å². The molecule has 3 N–H and O–H groups in total. The summed E-state index contributed by atoms with van der Waals surface area (Å²) >= 11 is 3.32. The minimum absolute atomic E-state index is 0.00411. The highest BCUT2D eigenvalue weighted by Crippen LogP contribution is 2.24. The maximum atomic E-state index is 14.3. The van der Waals surface area contributed by atoms with Crippen LogP contribution >= 0.6 is 15.9 Å². The van der Waals surface area contributed by atoms with E-state index < -0.39 is 11.9 Å². The number of rotatable bonds is 6. The predicted octanol–water partition coefficient (Wildman–Crippen LogP) is 3.57. The fourth-order valence-electron chi connectivity index (χ4n) is 3.02. The second-order valence-electron chi connectivity index (χ2n) is 6.54. The summed E-state index contributed by atoms with van der Waals surface area (Å²) in [5.41, 5.74) is 8.01. The van der Waals surface area contributed by atoms with Crippen molar-refractivity contribution in [3.05, 3.63) is 75.8 Å². The topological polar surface area (TPSA) is 99.1 Å². The number of fused-ring (bicyclic) bond motifs is 1. The molecule has 0 aliphatic rings. The van der Waals surface area contributed by atoms with E-state index in [2.05, 4.69) is 30.9 Å². The quantitative estimate of drug-likeness (QED) is 0.326. The number of halogens is 3. The Balaban J connectivity index is 1.59. The minimum atomic E-state index is -0.952. The molecule has 154 valence electrons. The van der Waals surface area contributed by atoms with Gasteiger partial charge in [-0.1, -0.05) is 18.2 Å². The Morgan fingerprint density at radius 3 is 2.70 bits per heavy atom. The molecule has 0 bridgehead atoms. The Bertz CT molecular complexity index is 1230. The van der Waals surface area contributed by atoms with E-state index in [-0.39, 0.29) is 36.7 Å². The van der Waals surface area contributed by atoms with Gasteiger partial charge in [0.1, 0.15) is 18.2 Å². The molecule has 2 heterocycles. The van der Waals surface area contributed by atoms with Gasteiger partial charge < -0.3 is 15.6 Å². The van der Waals surface area contributed by atoms with E-state index in [0.717, 1.165) is 5.56 Å². The summed E-state index contributed by atoms with van der Waals surface area (Å²) < 4.78 is 35.6. The van der Waals surface area contributed by atoms with Crippen molar-refractivity contribution in [3.63, 3.8) is 0 Å². The van der Waals surface area contributed by atoms with Crippen molar-refractivity contribution in [2.24, 2.45) is 0 Å². The van der Waals surface area contributed by atoms with Crippen molar-refractivity contribution in [2.45, 2.75) is 19.8 Å². The maximum Gasteiger partial charge on any atom is 0.312 e. The number of ether oxygens (including phenoxy) is 1. The summed E-state index contributed by atoms with van der Waals surface area (Å²) in [4.78, 5) is 11.5. The molecule has 4 rings (SSSR count). The number of aromatic nitrogens is 4. The SMILES string of the molecule is Nc1nc(F)nc2c1nc(Br)n2Cc1ccc(F)c(COc2cccc(CO)c2)c1. The lowest BCUT2D eigenvalue weighted by Gasteiger charge is -2.11. The summed E-state index contributed by atoms with van der Waals surface area (Å²) in [5, 5.41) is 9.21. The molecule has 0 spiro atoms. The molecule has 10 heteroatoms. The van der Waals surface area contributed by atoms with Crippen LogP contribution in [0.4, 0.5) is 14.6 Å². The summed E-state index contributed by atoms with van der Waals surface area (Å²) in [7, 11) is 0. The first-order valence-corrected chi connectivity index (χ1v) is 9.68. The van der Waals surface area contributed by atoms with Crippen molar-refractivity contribution in [3.8, 4) is 5.75 Å². The molecular weight excluding hydrogens is 460 g/mol. The van der Waals surface area contributed by atoms with Crippen LogP contribution in [0.2, 0.25) is 0 Å². The number of benzene rings is 2. The van der Waals surface area contributed by atoms with Crippen LogP contribution in [0.15, 0.2) is 47.2 Å². The molecule has 0 aliphatic heterocycles. The average molecular weight is 476 g/mol. The third kappa shape index (κ3) is 4.10. The van der Waals surface area contributed by atoms with E-state index in [0.29, 0.717) is 21.6 Å². The first-order chi connectivity index (χ1) is 14.4. The molecule has 30 heavy (non-hydrogen) atoms. The molecule has 0 aliphatic carbocycles. The zero-order valence-corrected chi connectivity index (χ0v) is 17.1. The lowest BCUT2D eigenvalue weighted by molar-refractivity contribution is 0.277. The van der Waals surface area contributed by atoms with Gasteiger partial charge in [0.2, 0.25) is 0 Å². The number of nitrogens with two attached hydrogens (primary N) is 1. The molecule has 0 saturated heterocycles. The third-order valence-corrected chi connectivity index (χ3v) is 5.08. The zero-order valence-electron chi connectivity index (χ0n) is 15.5. The Labute approximate surface area is 178 Å². The molecule has 0 unspecified atom stereocenters. The minimum Gasteiger partial charge on any atom is -0.489 e. The number of nitrogen functional groups attached to an aromatic ring is 1. The highest BCUT2D eigenvalue weighted by atomic mass is 79.9. The van der Waals surface area contributed by atoms with Gasteiger partial charge in [0.25, 0.3) is 0 Å². The van der Waals surface area contributed by atoms with Gasteiger partial charge in [0.15, 0.2) is 21.7 Å². The van der Waals surface area contributed by atoms with Gasteiger partial charge in [0.05, 0.1) is 13.2 Å². The summed E-state index contributed by atoms with van der Waals surface area (Å²) in [6.07, 6.45) is -0.952. The fourth-order valence-corrected chi connectivity index (χ4v) is 3.49. The van der Waals surface area contributed by atoms with Gasteiger partial charge in [-0.25, -0.2) is 9.37 Å². The predicted molar refractivity (Wildman–Crippen MR) is 110 cm³/mol. The highest BCUT2D eigenvalue weighted by molar-refractivity contribution is 9.10. The number of aliphatic hydroxyl groups is 1. The van der Waals surface area contributed by atoms with Crippen molar-refractivity contribution < 1.29 is 18.6 Å². The Kier molecular flexibility index (Phi) is 5.60. The Morgan fingerprint density at radius 1 is 1.07 bits per heavy atom.